The maximum Gasteiger partial charge on any atom is 0.240 e. The second-order valence-corrected chi connectivity index (χ2v) is 12.9. The van der Waals surface area contributed by atoms with Crippen LogP contribution < -0.4 is 5.32 Å². The fourth-order valence-corrected chi connectivity index (χ4v) is 9.02. The van der Waals surface area contributed by atoms with E-state index in [0.717, 1.165) is 16.6 Å². The first-order chi connectivity index (χ1) is 16.0. The molecule has 2 saturated carbocycles. The Labute approximate surface area is 200 Å². The Balaban J connectivity index is 1.47. The molecule has 0 spiro atoms. The molecule has 3 aliphatic rings. The van der Waals surface area contributed by atoms with Gasteiger partial charge in [-0.3, -0.25) is 4.79 Å². The van der Waals surface area contributed by atoms with Gasteiger partial charge in [-0.05, 0) is 43.4 Å². The van der Waals surface area contributed by atoms with E-state index in [0.29, 0.717) is 18.4 Å². The molecule has 178 valence electrons. The van der Waals surface area contributed by atoms with Crippen LogP contribution in [-0.4, -0.2) is 34.6 Å². The minimum Gasteiger partial charge on any atom is -0.389 e. The van der Waals surface area contributed by atoms with Crippen LogP contribution in [0.3, 0.4) is 0 Å². The standard InChI is InChI=1S/C27H30N2O4S/c1-25(2)20-9-5-6-10-21(20)28-24(25)19-15-29(22-11-7-4-8-18(19)22)34(32,33)16-27-13-12-17(14-23(27)30)26(27,3)31/h4-11,15,17,24,28,31H,12-14,16H2,1-3H3/t17-,24?,26?,27+/m0/s1. The Bertz CT molecular complexity index is 1450. The number of carbonyl (C=O) groups excluding carboxylic acids is 1. The Morgan fingerprint density at radius 3 is 2.47 bits per heavy atom. The molecule has 2 aliphatic carbocycles. The summed E-state index contributed by atoms with van der Waals surface area (Å²) in [6, 6.07) is 15.6. The zero-order valence-electron chi connectivity index (χ0n) is 19.7. The second kappa shape index (κ2) is 6.73. The van der Waals surface area contributed by atoms with E-state index in [-0.39, 0.29) is 35.3 Å². The summed E-state index contributed by atoms with van der Waals surface area (Å²) in [6.07, 6.45) is 3.09. The van der Waals surface area contributed by atoms with E-state index in [4.69, 9.17) is 0 Å². The van der Waals surface area contributed by atoms with Crippen LogP contribution in [0.25, 0.3) is 10.9 Å². The highest BCUT2D eigenvalue weighted by molar-refractivity contribution is 7.90. The summed E-state index contributed by atoms with van der Waals surface area (Å²) in [7, 11) is -3.92. The normalized spacial score (nSPS) is 31.7. The highest BCUT2D eigenvalue weighted by atomic mass is 32.2. The highest BCUT2D eigenvalue weighted by Gasteiger charge is 2.67. The number of anilines is 1. The number of hydrogen-bond acceptors (Lipinski definition) is 5. The van der Waals surface area contributed by atoms with Gasteiger partial charge in [0.1, 0.15) is 5.78 Å². The third-order valence-electron chi connectivity index (χ3n) is 9.04. The molecule has 6 rings (SSSR count). The van der Waals surface area contributed by atoms with Gasteiger partial charge in [0, 0.05) is 34.7 Å². The van der Waals surface area contributed by atoms with Crippen molar-refractivity contribution in [1.82, 2.24) is 3.97 Å². The first-order valence-electron chi connectivity index (χ1n) is 11.9. The van der Waals surface area contributed by atoms with Crippen molar-refractivity contribution in [3.63, 3.8) is 0 Å². The lowest BCUT2D eigenvalue weighted by atomic mass is 9.78. The third kappa shape index (κ3) is 2.65. The van der Waals surface area contributed by atoms with E-state index >= 15 is 0 Å². The molecule has 0 radical (unpaired) electrons. The molecule has 2 heterocycles. The minimum atomic E-state index is -3.92. The highest BCUT2D eigenvalue weighted by Crippen LogP contribution is 2.59. The molecule has 4 atom stereocenters. The van der Waals surface area contributed by atoms with Crippen molar-refractivity contribution in [3.8, 4) is 0 Å². The number of ketones is 1. The van der Waals surface area contributed by atoms with E-state index in [1.807, 2.05) is 36.4 Å². The predicted octanol–water partition coefficient (Wildman–Crippen LogP) is 4.38. The van der Waals surface area contributed by atoms with Crippen molar-refractivity contribution < 1.29 is 18.3 Å². The zero-order chi connectivity index (χ0) is 24.1. The van der Waals surface area contributed by atoms with Crippen molar-refractivity contribution in [3.05, 3.63) is 65.9 Å². The molecule has 2 N–H and O–H groups in total. The number of rotatable bonds is 4. The summed E-state index contributed by atoms with van der Waals surface area (Å²) in [5.74, 6) is -0.653. The van der Waals surface area contributed by atoms with Gasteiger partial charge in [0.05, 0.1) is 28.3 Å². The molecule has 3 aromatic rings. The van der Waals surface area contributed by atoms with Crippen molar-refractivity contribution in [1.29, 1.82) is 0 Å². The maximum absolute atomic E-state index is 13.9. The number of carbonyl (C=O) groups is 1. The van der Waals surface area contributed by atoms with Gasteiger partial charge < -0.3 is 10.4 Å². The van der Waals surface area contributed by atoms with E-state index in [9.17, 15) is 18.3 Å². The van der Waals surface area contributed by atoms with E-state index < -0.39 is 21.0 Å². The first kappa shape index (κ1) is 21.9. The molecular formula is C27H30N2O4S. The Morgan fingerprint density at radius 1 is 1.09 bits per heavy atom. The van der Waals surface area contributed by atoms with E-state index in [1.165, 1.54) is 9.54 Å². The van der Waals surface area contributed by atoms with Gasteiger partial charge >= 0.3 is 0 Å². The van der Waals surface area contributed by atoms with Gasteiger partial charge in [-0.15, -0.1) is 0 Å². The van der Waals surface area contributed by atoms with Crippen molar-refractivity contribution >= 4 is 32.4 Å². The van der Waals surface area contributed by atoms with Crippen LogP contribution in [0.15, 0.2) is 54.7 Å². The molecule has 34 heavy (non-hydrogen) atoms. The number of para-hydroxylation sites is 2. The lowest BCUT2D eigenvalue weighted by molar-refractivity contribution is -0.131. The van der Waals surface area contributed by atoms with Crippen LogP contribution >= 0.6 is 0 Å². The molecule has 7 heteroatoms. The van der Waals surface area contributed by atoms with Gasteiger partial charge in [0.2, 0.25) is 10.0 Å². The fourth-order valence-electron chi connectivity index (χ4n) is 6.93. The topological polar surface area (TPSA) is 88.4 Å². The largest absolute Gasteiger partial charge is 0.389 e. The Kier molecular flexibility index (Phi) is 4.33. The summed E-state index contributed by atoms with van der Waals surface area (Å²) >= 11 is 0. The van der Waals surface area contributed by atoms with Crippen LogP contribution in [-0.2, 0) is 20.2 Å². The molecule has 2 unspecified atom stereocenters. The van der Waals surface area contributed by atoms with E-state index in [1.54, 1.807) is 13.1 Å². The Hall–Kier alpha value is -2.64. The smallest absolute Gasteiger partial charge is 0.240 e. The Morgan fingerprint density at radius 2 is 1.79 bits per heavy atom. The molecule has 6 nitrogen and oxygen atoms in total. The maximum atomic E-state index is 13.9. The summed E-state index contributed by atoms with van der Waals surface area (Å²) < 4.78 is 29.2. The first-order valence-corrected chi connectivity index (χ1v) is 13.5. The zero-order valence-corrected chi connectivity index (χ0v) is 20.5. The predicted molar refractivity (Wildman–Crippen MR) is 132 cm³/mol. The SMILES string of the molecule is CC1(C)c2ccccc2NC1c1cn(S(=O)(=O)C[C@]23CC[C@@H](CC2=O)C3(C)O)c2ccccc12. The molecule has 2 aromatic carbocycles. The molecular weight excluding hydrogens is 448 g/mol. The fraction of sp³-hybridized carbons (Fsp3) is 0.444. The molecule has 1 aliphatic heterocycles. The number of nitrogens with zero attached hydrogens (tertiary/aromatic N) is 1. The van der Waals surface area contributed by atoms with Gasteiger partial charge in [0.25, 0.3) is 0 Å². The monoisotopic (exact) mass is 478 g/mol. The number of nitrogens with one attached hydrogen (secondary N) is 1. The summed E-state index contributed by atoms with van der Waals surface area (Å²) in [6.45, 7) is 5.98. The van der Waals surface area contributed by atoms with Crippen molar-refractivity contribution in [2.24, 2.45) is 11.3 Å². The second-order valence-electron chi connectivity index (χ2n) is 11.1. The molecule has 0 saturated heterocycles. The number of hydrogen-bond donors (Lipinski definition) is 2. The van der Waals surface area contributed by atoms with Gasteiger partial charge in [-0.2, -0.15) is 0 Å². The van der Waals surface area contributed by atoms with Crippen molar-refractivity contribution in [2.75, 3.05) is 11.1 Å². The summed E-state index contributed by atoms with van der Waals surface area (Å²) in [5.41, 5.74) is 0.984. The number of fused-ring (bicyclic) bond motifs is 4. The number of Topliss-reactive ketones (excluding diaryl/α,β-unsaturated/α-hetero) is 1. The van der Waals surface area contributed by atoms with Crippen LogP contribution in [0.2, 0.25) is 0 Å². The van der Waals surface area contributed by atoms with E-state index in [2.05, 4.69) is 31.3 Å². The number of aliphatic hydroxyl groups is 1. The summed E-state index contributed by atoms with van der Waals surface area (Å²) in [4.78, 5) is 12.9. The van der Waals surface area contributed by atoms with Crippen LogP contribution in [0.5, 0.6) is 0 Å². The van der Waals surface area contributed by atoms with Crippen LogP contribution in [0.1, 0.15) is 57.2 Å². The average Bonchev–Trinajstić information content (AvgIpc) is 3.42. The quantitative estimate of drug-likeness (QED) is 0.581. The van der Waals surface area contributed by atoms with Gasteiger partial charge in [-0.1, -0.05) is 50.2 Å². The minimum absolute atomic E-state index is 0.114. The van der Waals surface area contributed by atoms with Gasteiger partial charge in [-0.25, -0.2) is 12.4 Å². The lowest BCUT2D eigenvalue weighted by Crippen LogP contribution is -2.49. The van der Waals surface area contributed by atoms with Crippen LogP contribution in [0.4, 0.5) is 5.69 Å². The number of benzene rings is 2. The van der Waals surface area contributed by atoms with Crippen LogP contribution in [0, 0.1) is 11.3 Å². The lowest BCUT2D eigenvalue weighted by Gasteiger charge is -2.34. The summed E-state index contributed by atoms with van der Waals surface area (Å²) in [5, 5.41) is 15.7. The average molecular weight is 479 g/mol. The van der Waals surface area contributed by atoms with Crippen molar-refractivity contribution in [2.45, 2.75) is 57.1 Å². The van der Waals surface area contributed by atoms with Gasteiger partial charge in [0.15, 0.2) is 0 Å². The molecule has 1 aromatic heterocycles. The molecule has 2 fully saturated rings. The molecule has 0 amide bonds. The third-order valence-corrected chi connectivity index (χ3v) is 10.8. The molecule has 2 bridgehead atoms. The number of aromatic nitrogens is 1.